The smallest absolute Gasteiger partial charge is 0.338 e. The van der Waals surface area contributed by atoms with Crippen molar-refractivity contribution in [3.05, 3.63) is 63.7 Å². The van der Waals surface area contributed by atoms with Crippen LogP contribution in [0.5, 0.6) is 11.5 Å². The number of ether oxygens (including phenoxy) is 3. The Labute approximate surface area is 173 Å². The molecule has 0 fully saturated rings. The number of benzene rings is 2. The van der Waals surface area contributed by atoms with Gasteiger partial charge in [0, 0.05) is 12.1 Å². The number of hydrogen-bond acceptors (Lipinski definition) is 7. The molecule has 1 heterocycles. The van der Waals surface area contributed by atoms with Gasteiger partial charge in [-0.1, -0.05) is 19.9 Å². The molecule has 158 valence electrons. The molecule has 0 spiro atoms. The Morgan fingerprint density at radius 1 is 1.10 bits per heavy atom. The molecule has 0 radical (unpaired) electrons. The van der Waals surface area contributed by atoms with E-state index < -0.39 is 23.4 Å². The molecule has 0 saturated carbocycles. The molecular weight excluding hydrogens is 392 g/mol. The molecule has 9 heteroatoms. The van der Waals surface area contributed by atoms with Gasteiger partial charge in [-0.3, -0.25) is 14.9 Å². The summed E-state index contributed by atoms with van der Waals surface area (Å²) in [6.07, 6.45) is 0. The normalized spacial score (nSPS) is 13.4. The average molecular weight is 414 g/mol. The molecule has 2 aromatic carbocycles. The van der Waals surface area contributed by atoms with Gasteiger partial charge in [-0.05, 0) is 35.7 Å². The van der Waals surface area contributed by atoms with Crippen LogP contribution in [0.3, 0.4) is 0 Å². The number of carbonyl (C=O) groups is 2. The molecule has 9 nitrogen and oxygen atoms in total. The van der Waals surface area contributed by atoms with Crippen molar-refractivity contribution in [2.24, 2.45) is 5.92 Å². The first-order valence-electron chi connectivity index (χ1n) is 9.45. The highest BCUT2D eigenvalue weighted by molar-refractivity contribution is 5.91. The number of rotatable bonds is 7. The van der Waals surface area contributed by atoms with E-state index in [1.165, 1.54) is 24.3 Å². The quantitative estimate of drug-likeness (QED) is 0.420. The third kappa shape index (κ3) is 5.05. The van der Waals surface area contributed by atoms with Crippen LogP contribution in [0.15, 0.2) is 42.5 Å². The standard InChI is InChI=1S/C21H22N2O7/c1-13(2)20(15-5-8-17-18(11-15)29-10-9-28-17)22-19(24)12-30-21(25)14-3-6-16(7-4-14)23(26)27/h3-8,11,13,20H,9-10,12H2,1-2H3,(H,22,24)/t20-/m1/s1. The molecule has 0 aliphatic carbocycles. The van der Waals surface area contributed by atoms with Crippen molar-refractivity contribution in [1.82, 2.24) is 5.32 Å². The van der Waals surface area contributed by atoms with E-state index in [0.717, 1.165) is 5.56 Å². The Kier molecular flexibility index (Phi) is 6.51. The number of fused-ring (bicyclic) bond motifs is 1. The zero-order valence-electron chi connectivity index (χ0n) is 16.6. The molecule has 30 heavy (non-hydrogen) atoms. The van der Waals surface area contributed by atoms with Crippen molar-refractivity contribution in [3.63, 3.8) is 0 Å². The Bertz CT molecular complexity index is 941. The van der Waals surface area contributed by atoms with Gasteiger partial charge in [-0.15, -0.1) is 0 Å². The maximum absolute atomic E-state index is 12.4. The minimum atomic E-state index is -0.736. The van der Waals surface area contributed by atoms with Crippen LogP contribution in [0.2, 0.25) is 0 Å². The summed E-state index contributed by atoms with van der Waals surface area (Å²) in [6, 6.07) is 10.2. The van der Waals surface area contributed by atoms with Crippen molar-refractivity contribution >= 4 is 17.6 Å². The summed E-state index contributed by atoms with van der Waals surface area (Å²) in [5.74, 6) is 0.167. The number of nitro benzene ring substituents is 1. The Morgan fingerprint density at radius 2 is 1.77 bits per heavy atom. The first-order valence-corrected chi connectivity index (χ1v) is 9.45. The van der Waals surface area contributed by atoms with Gasteiger partial charge in [0.1, 0.15) is 13.2 Å². The SMILES string of the molecule is CC(C)[C@@H](NC(=O)COC(=O)c1ccc([N+](=O)[O-])cc1)c1ccc2c(c1)OCCO2. The van der Waals surface area contributed by atoms with Crippen LogP contribution in [0.4, 0.5) is 5.69 Å². The zero-order valence-corrected chi connectivity index (χ0v) is 16.6. The molecule has 3 rings (SSSR count). The third-order valence-electron chi connectivity index (χ3n) is 4.56. The highest BCUT2D eigenvalue weighted by atomic mass is 16.6. The van der Waals surface area contributed by atoms with E-state index in [-0.39, 0.29) is 23.2 Å². The van der Waals surface area contributed by atoms with Crippen LogP contribution in [-0.2, 0) is 9.53 Å². The van der Waals surface area contributed by atoms with Crippen LogP contribution in [0.25, 0.3) is 0 Å². The predicted molar refractivity (Wildman–Crippen MR) is 107 cm³/mol. The van der Waals surface area contributed by atoms with Crippen molar-refractivity contribution in [3.8, 4) is 11.5 Å². The molecule has 1 aliphatic heterocycles. The number of nitrogens with zero attached hydrogens (tertiary/aromatic N) is 1. The zero-order chi connectivity index (χ0) is 21.7. The summed E-state index contributed by atoms with van der Waals surface area (Å²) < 4.78 is 16.2. The van der Waals surface area contributed by atoms with Crippen molar-refractivity contribution in [2.75, 3.05) is 19.8 Å². The summed E-state index contributed by atoms with van der Waals surface area (Å²) in [5.41, 5.74) is 0.841. The van der Waals surface area contributed by atoms with E-state index in [9.17, 15) is 19.7 Å². The van der Waals surface area contributed by atoms with Crippen molar-refractivity contribution in [1.29, 1.82) is 0 Å². The van der Waals surface area contributed by atoms with Crippen molar-refractivity contribution in [2.45, 2.75) is 19.9 Å². The van der Waals surface area contributed by atoms with Gasteiger partial charge in [0.15, 0.2) is 18.1 Å². The maximum Gasteiger partial charge on any atom is 0.338 e. The van der Waals surface area contributed by atoms with E-state index in [1.807, 2.05) is 26.0 Å². The average Bonchev–Trinajstić information content (AvgIpc) is 2.75. The van der Waals surface area contributed by atoms with Gasteiger partial charge in [0.2, 0.25) is 0 Å². The Morgan fingerprint density at radius 3 is 2.40 bits per heavy atom. The van der Waals surface area contributed by atoms with Crippen LogP contribution in [0, 0.1) is 16.0 Å². The van der Waals surface area contributed by atoms with Crippen LogP contribution in [-0.4, -0.2) is 36.6 Å². The molecule has 1 aliphatic rings. The van der Waals surface area contributed by atoms with Crippen LogP contribution < -0.4 is 14.8 Å². The van der Waals surface area contributed by atoms with E-state index in [4.69, 9.17) is 14.2 Å². The summed E-state index contributed by atoms with van der Waals surface area (Å²) in [4.78, 5) is 34.6. The van der Waals surface area contributed by atoms with Crippen LogP contribution >= 0.6 is 0 Å². The van der Waals surface area contributed by atoms with Gasteiger partial charge in [-0.25, -0.2) is 4.79 Å². The second kappa shape index (κ2) is 9.25. The molecule has 0 saturated heterocycles. The minimum absolute atomic E-state index is 0.0712. The molecule has 0 bridgehead atoms. The van der Waals surface area contributed by atoms with Gasteiger partial charge in [-0.2, -0.15) is 0 Å². The lowest BCUT2D eigenvalue weighted by Crippen LogP contribution is -2.35. The number of amides is 1. The second-order valence-electron chi connectivity index (χ2n) is 7.07. The van der Waals surface area contributed by atoms with Crippen molar-refractivity contribution < 1.29 is 28.7 Å². The number of non-ortho nitro benzene ring substituents is 1. The molecule has 0 unspecified atom stereocenters. The second-order valence-corrected chi connectivity index (χ2v) is 7.07. The van der Waals surface area contributed by atoms with Gasteiger partial charge in [0.25, 0.3) is 11.6 Å². The van der Waals surface area contributed by atoms with E-state index >= 15 is 0 Å². The number of esters is 1. The molecule has 1 amide bonds. The first-order chi connectivity index (χ1) is 14.3. The molecule has 1 atom stereocenters. The molecular formula is C21H22N2O7. The van der Waals surface area contributed by atoms with E-state index in [1.54, 1.807) is 6.07 Å². The summed E-state index contributed by atoms with van der Waals surface area (Å²) in [6.45, 7) is 4.42. The summed E-state index contributed by atoms with van der Waals surface area (Å²) >= 11 is 0. The van der Waals surface area contributed by atoms with Gasteiger partial charge < -0.3 is 19.5 Å². The fourth-order valence-corrected chi connectivity index (χ4v) is 3.04. The fraction of sp³-hybridized carbons (Fsp3) is 0.333. The van der Waals surface area contributed by atoms with Gasteiger partial charge in [0.05, 0.1) is 16.5 Å². The molecule has 2 aromatic rings. The fourth-order valence-electron chi connectivity index (χ4n) is 3.04. The Balaban J connectivity index is 1.60. The minimum Gasteiger partial charge on any atom is -0.486 e. The monoisotopic (exact) mass is 414 g/mol. The topological polar surface area (TPSA) is 117 Å². The Hall–Kier alpha value is -3.62. The van der Waals surface area contributed by atoms with E-state index in [2.05, 4.69) is 5.32 Å². The molecule has 1 N–H and O–H groups in total. The lowest BCUT2D eigenvalue weighted by Gasteiger charge is -2.25. The summed E-state index contributed by atoms with van der Waals surface area (Å²) in [7, 11) is 0. The number of nitrogens with one attached hydrogen (secondary N) is 1. The summed E-state index contributed by atoms with van der Waals surface area (Å²) in [5, 5.41) is 13.5. The lowest BCUT2D eigenvalue weighted by molar-refractivity contribution is -0.384. The first kappa shape index (κ1) is 21.1. The van der Waals surface area contributed by atoms with Gasteiger partial charge >= 0.3 is 5.97 Å². The maximum atomic E-state index is 12.4. The number of carbonyl (C=O) groups excluding carboxylic acids is 2. The largest absolute Gasteiger partial charge is 0.486 e. The third-order valence-corrected chi connectivity index (χ3v) is 4.56. The molecule has 0 aromatic heterocycles. The predicted octanol–water partition coefficient (Wildman–Crippen LogP) is 3.04. The highest BCUT2D eigenvalue weighted by Crippen LogP contribution is 2.34. The van der Waals surface area contributed by atoms with Crippen LogP contribution in [0.1, 0.15) is 35.8 Å². The highest BCUT2D eigenvalue weighted by Gasteiger charge is 2.22. The lowest BCUT2D eigenvalue weighted by atomic mass is 9.95. The van der Waals surface area contributed by atoms with E-state index in [0.29, 0.717) is 24.7 Å². The number of nitro groups is 1. The number of hydrogen-bond donors (Lipinski definition) is 1.